The Hall–Kier alpha value is -2.65. The molecule has 0 aliphatic carbocycles. The van der Waals surface area contributed by atoms with Crippen molar-refractivity contribution in [3.63, 3.8) is 0 Å². The van der Waals surface area contributed by atoms with Gasteiger partial charge in [0, 0.05) is 19.0 Å². The highest BCUT2D eigenvalue weighted by molar-refractivity contribution is 8.14. The monoisotopic (exact) mass is 432 g/mol. The third-order valence-corrected chi connectivity index (χ3v) is 6.60. The second kappa shape index (κ2) is 9.23. The van der Waals surface area contributed by atoms with Crippen molar-refractivity contribution in [2.75, 3.05) is 24.7 Å². The molecule has 0 spiro atoms. The van der Waals surface area contributed by atoms with Crippen LogP contribution in [0.15, 0.2) is 47.4 Å². The predicted octanol–water partition coefficient (Wildman–Crippen LogP) is 3.27. The Labute approximate surface area is 175 Å². The van der Waals surface area contributed by atoms with E-state index in [1.807, 2.05) is 24.3 Å². The quantitative estimate of drug-likeness (QED) is 0.675. The number of anilines is 1. The largest absolute Gasteiger partial charge is 0.497 e. The number of Topliss-reactive ketones (excluding diaryl/α,β-unsaturated/α-hetero) is 1. The molecule has 3 rings (SSSR count). The number of carbonyl (C=O) groups is 3. The normalized spacial score (nSPS) is 15.4. The first-order chi connectivity index (χ1) is 13.9. The van der Waals surface area contributed by atoms with Crippen molar-refractivity contribution in [3.05, 3.63) is 53.6 Å². The van der Waals surface area contributed by atoms with Crippen LogP contribution in [0.5, 0.6) is 5.75 Å². The highest BCUT2D eigenvalue weighted by Crippen LogP contribution is 2.29. The van der Waals surface area contributed by atoms with Crippen LogP contribution >= 0.6 is 11.8 Å². The fourth-order valence-corrected chi connectivity index (χ4v) is 4.49. The average molecular weight is 433 g/mol. The number of urea groups is 1. The topological polar surface area (TPSA) is 92.8 Å². The highest BCUT2D eigenvalue weighted by atomic mass is 32.2. The Morgan fingerprint density at radius 1 is 1.21 bits per heavy atom. The summed E-state index contributed by atoms with van der Waals surface area (Å²) in [6, 6.07) is 11.6. The van der Waals surface area contributed by atoms with E-state index in [1.165, 1.54) is 17.3 Å². The molecule has 2 aromatic rings. The van der Waals surface area contributed by atoms with Crippen molar-refractivity contribution in [2.45, 2.75) is 18.2 Å². The third-order valence-electron chi connectivity index (χ3n) is 4.30. The van der Waals surface area contributed by atoms with Crippen molar-refractivity contribution in [2.24, 2.45) is 0 Å². The summed E-state index contributed by atoms with van der Waals surface area (Å²) in [4.78, 5) is 36.1. The molecule has 2 amide bonds. The summed E-state index contributed by atoms with van der Waals surface area (Å²) in [5, 5.41) is 2.56. The zero-order valence-corrected chi connectivity index (χ0v) is 17.6. The number of amides is 2. The summed E-state index contributed by atoms with van der Waals surface area (Å²) in [6.45, 7) is 1.66. The van der Waals surface area contributed by atoms with Gasteiger partial charge in [0.05, 0.1) is 23.4 Å². The summed E-state index contributed by atoms with van der Waals surface area (Å²) >= 11 is 0.927. The van der Waals surface area contributed by atoms with Crippen LogP contribution in [0.3, 0.4) is 0 Å². The van der Waals surface area contributed by atoms with Gasteiger partial charge in [0.25, 0.3) is 0 Å². The molecule has 1 unspecified atom stereocenters. The lowest BCUT2D eigenvalue weighted by Crippen LogP contribution is -2.41. The molecule has 7 nitrogen and oxygen atoms in total. The lowest BCUT2D eigenvalue weighted by Gasteiger charge is -2.28. The van der Waals surface area contributed by atoms with Gasteiger partial charge in [-0.15, -0.1) is 0 Å². The number of carbonyl (C=O) groups excluding carboxylic acids is 3. The number of fused-ring (bicyclic) bond motifs is 1. The van der Waals surface area contributed by atoms with Crippen LogP contribution in [0.1, 0.15) is 22.8 Å². The standard InChI is InChI=1S/C20H20N2O5S2/c1-13(23)28-12-18(24)15-6-7-19-17(11-15)21-20(25)22(29(19)26)9-8-14-4-3-5-16(10-14)27-2/h3-7,10-11H,8-9,12H2,1-2H3,(H,21,25). The minimum Gasteiger partial charge on any atom is -0.497 e. The number of benzene rings is 2. The van der Waals surface area contributed by atoms with Crippen molar-refractivity contribution >= 4 is 45.4 Å². The molecule has 0 saturated heterocycles. The van der Waals surface area contributed by atoms with Gasteiger partial charge in [0.15, 0.2) is 21.9 Å². The number of nitrogens with zero attached hydrogens (tertiary/aromatic N) is 1. The molecule has 1 atom stereocenters. The first-order valence-corrected chi connectivity index (χ1v) is 10.9. The van der Waals surface area contributed by atoms with Gasteiger partial charge in [0.1, 0.15) is 5.75 Å². The predicted molar refractivity (Wildman–Crippen MR) is 113 cm³/mol. The number of nitrogens with one attached hydrogen (secondary N) is 1. The highest BCUT2D eigenvalue weighted by Gasteiger charge is 2.30. The van der Waals surface area contributed by atoms with Crippen LogP contribution in [-0.2, 0) is 22.2 Å². The number of ether oxygens (including phenoxy) is 1. The SMILES string of the molecule is COc1cccc(CCN2C(=O)Nc3cc(C(=O)CSC(C)=O)ccc3S2=O)c1. The molecule has 0 fully saturated rings. The number of thioether (sulfide) groups is 1. The van der Waals surface area contributed by atoms with Gasteiger partial charge in [0.2, 0.25) is 0 Å². The summed E-state index contributed by atoms with van der Waals surface area (Å²) in [5.74, 6) is 0.517. The first kappa shape index (κ1) is 21.1. The zero-order chi connectivity index (χ0) is 21.0. The van der Waals surface area contributed by atoms with E-state index in [-0.39, 0.29) is 23.2 Å². The van der Waals surface area contributed by atoms with Gasteiger partial charge >= 0.3 is 6.03 Å². The second-order valence-electron chi connectivity index (χ2n) is 6.30. The van der Waals surface area contributed by atoms with E-state index in [1.54, 1.807) is 19.2 Å². The van der Waals surface area contributed by atoms with Gasteiger partial charge in [-0.25, -0.2) is 13.3 Å². The fourth-order valence-electron chi connectivity index (χ4n) is 2.82. The number of hydrogen-bond acceptors (Lipinski definition) is 6. The Balaban J connectivity index is 1.72. The molecule has 0 aromatic heterocycles. The van der Waals surface area contributed by atoms with Gasteiger partial charge in [-0.05, 0) is 42.3 Å². The van der Waals surface area contributed by atoms with Crippen LogP contribution in [0.4, 0.5) is 10.5 Å². The van der Waals surface area contributed by atoms with E-state index >= 15 is 0 Å². The van der Waals surface area contributed by atoms with Gasteiger partial charge in [-0.2, -0.15) is 0 Å². The van der Waals surface area contributed by atoms with Gasteiger partial charge in [-0.3, -0.25) is 9.59 Å². The van der Waals surface area contributed by atoms with Gasteiger partial charge < -0.3 is 10.1 Å². The van der Waals surface area contributed by atoms with Gasteiger partial charge in [-0.1, -0.05) is 23.9 Å². The Kier molecular flexibility index (Phi) is 6.71. The maximum atomic E-state index is 12.9. The van der Waals surface area contributed by atoms with Crippen molar-refractivity contribution < 1.29 is 23.3 Å². The average Bonchev–Trinajstić information content (AvgIpc) is 2.71. The van der Waals surface area contributed by atoms with Crippen LogP contribution < -0.4 is 10.1 Å². The molecular weight excluding hydrogens is 412 g/mol. The number of hydrogen-bond donors (Lipinski definition) is 1. The van der Waals surface area contributed by atoms with Crippen LogP contribution in [0, 0.1) is 0 Å². The molecule has 1 aliphatic rings. The minimum absolute atomic E-state index is 0.0256. The smallest absolute Gasteiger partial charge is 0.334 e. The van der Waals surface area contributed by atoms with Crippen LogP contribution in [0.2, 0.25) is 0 Å². The first-order valence-electron chi connectivity index (χ1n) is 8.83. The summed E-state index contributed by atoms with van der Waals surface area (Å²) < 4.78 is 19.3. The van der Waals surface area contributed by atoms with E-state index in [0.717, 1.165) is 23.1 Å². The molecule has 1 heterocycles. The van der Waals surface area contributed by atoms with E-state index in [9.17, 15) is 18.6 Å². The molecule has 0 radical (unpaired) electrons. The van der Waals surface area contributed by atoms with Crippen molar-refractivity contribution in [3.8, 4) is 5.75 Å². The molecular formula is C20H20N2O5S2. The van der Waals surface area contributed by atoms with E-state index in [4.69, 9.17) is 4.74 Å². The molecule has 0 saturated carbocycles. The summed E-state index contributed by atoms with van der Waals surface area (Å²) in [7, 11) is -0.0926. The molecule has 29 heavy (non-hydrogen) atoms. The maximum Gasteiger partial charge on any atom is 0.334 e. The number of rotatable bonds is 7. The fraction of sp³-hybridized carbons (Fsp3) is 0.250. The van der Waals surface area contributed by atoms with E-state index in [2.05, 4.69) is 5.32 Å². The Bertz CT molecular complexity index is 993. The Morgan fingerprint density at radius 2 is 2.00 bits per heavy atom. The maximum absolute atomic E-state index is 12.9. The lowest BCUT2D eigenvalue weighted by molar-refractivity contribution is -0.109. The molecule has 152 valence electrons. The number of methoxy groups -OCH3 is 1. The zero-order valence-electron chi connectivity index (χ0n) is 16.0. The summed E-state index contributed by atoms with van der Waals surface area (Å²) in [6.07, 6.45) is 0.518. The van der Waals surface area contributed by atoms with Crippen LogP contribution in [-0.4, -0.2) is 44.9 Å². The lowest BCUT2D eigenvalue weighted by atomic mass is 10.1. The van der Waals surface area contributed by atoms with E-state index in [0.29, 0.717) is 22.6 Å². The molecule has 2 aromatic carbocycles. The molecule has 0 bridgehead atoms. The van der Waals surface area contributed by atoms with Crippen molar-refractivity contribution in [1.29, 1.82) is 0 Å². The van der Waals surface area contributed by atoms with Crippen molar-refractivity contribution in [1.82, 2.24) is 4.31 Å². The third kappa shape index (κ3) is 5.04. The van der Waals surface area contributed by atoms with Crippen LogP contribution in [0.25, 0.3) is 0 Å². The van der Waals surface area contributed by atoms with E-state index < -0.39 is 17.0 Å². The molecule has 9 heteroatoms. The Morgan fingerprint density at radius 3 is 2.72 bits per heavy atom. The summed E-state index contributed by atoms with van der Waals surface area (Å²) in [5.41, 5.74) is 1.67. The second-order valence-corrected chi connectivity index (χ2v) is 8.83. The molecule has 1 N–H and O–H groups in total. The number of ketones is 1. The molecule has 1 aliphatic heterocycles. The minimum atomic E-state index is -1.68.